The first-order valence-corrected chi connectivity index (χ1v) is 14.2. The molecule has 0 heterocycles. The van der Waals surface area contributed by atoms with Crippen LogP contribution in [-0.2, 0) is 0 Å². The third-order valence-corrected chi connectivity index (χ3v) is 8.30. The summed E-state index contributed by atoms with van der Waals surface area (Å²) >= 11 is 36.5. The third-order valence-electron chi connectivity index (χ3n) is 4.73. The lowest BCUT2D eigenvalue weighted by atomic mass is 10.1. The first-order chi connectivity index (χ1) is 16.8. The van der Waals surface area contributed by atoms with Gasteiger partial charge in [0.05, 0.1) is 38.0 Å². The highest BCUT2D eigenvalue weighted by molar-refractivity contribution is 9.11. The maximum absolute atomic E-state index is 9.68. The zero-order valence-electron chi connectivity index (χ0n) is 17.4. The molecule has 4 N–H and O–H groups in total. The van der Waals surface area contributed by atoms with Crippen molar-refractivity contribution in [2.75, 3.05) is 0 Å². The Bertz CT molecular complexity index is 1170. The lowest BCUT2D eigenvalue weighted by Gasteiger charge is -2.09. The monoisotopic (exact) mass is 820 g/mol. The van der Waals surface area contributed by atoms with Crippen LogP contribution in [0.4, 0.5) is 0 Å². The molecule has 4 aromatic carbocycles. The lowest BCUT2D eigenvalue weighted by Crippen LogP contribution is -1.82. The van der Waals surface area contributed by atoms with Crippen molar-refractivity contribution in [3.63, 3.8) is 0 Å². The second kappa shape index (κ2) is 12.3. The summed E-state index contributed by atoms with van der Waals surface area (Å²) in [5.74, 6) is -0.0394. The molecule has 4 nitrogen and oxygen atoms in total. The molecule has 0 aliphatic rings. The van der Waals surface area contributed by atoms with Crippen LogP contribution in [0.3, 0.4) is 0 Å². The molecule has 4 aromatic rings. The lowest BCUT2D eigenvalue weighted by molar-refractivity contribution is 0.467. The van der Waals surface area contributed by atoms with E-state index in [0.717, 1.165) is 11.1 Å². The van der Waals surface area contributed by atoms with E-state index in [1.54, 1.807) is 0 Å². The fraction of sp³-hybridized carbons (Fsp3) is 0. The summed E-state index contributed by atoms with van der Waals surface area (Å²) in [5.41, 5.74) is 3.08. The second-order valence-corrected chi connectivity index (χ2v) is 12.2. The Kier molecular flexibility index (Phi) is 10.2. The fourth-order valence-corrected chi connectivity index (χ4v) is 6.28. The van der Waals surface area contributed by atoms with Crippen molar-refractivity contribution in [1.82, 2.24) is 0 Å². The predicted molar refractivity (Wildman–Crippen MR) is 161 cm³/mol. The van der Waals surface area contributed by atoms with E-state index < -0.39 is 0 Å². The molecule has 0 fully saturated rings. The maximum atomic E-state index is 9.68. The summed E-state index contributed by atoms with van der Waals surface area (Å²) in [6.45, 7) is 0. The standard InChI is InChI=1S/C12H6Br4O2.C12H6Cl4O2/c2*13-7-1-5(2-8(14)11(7)17)6-3-9(15)12(18)10(16)4-6/h2*1-4,17-18H. The van der Waals surface area contributed by atoms with E-state index in [1.165, 1.54) is 24.3 Å². The molecule has 4 rings (SSSR count). The van der Waals surface area contributed by atoms with Crippen LogP contribution in [0.2, 0.25) is 20.1 Å². The average molecular weight is 826 g/mol. The number of halogens is 8. The zero-order chi connectivity index (χ0) is 26.9. The molecule has 0 saturated carbocycles. The number of aromatic hydroxyl groups is 4. The molecule has 0 aliphatic carbocycles. The smallest absolute Gasteiger partial charge is 0.152 e. The van der Waals surface area contributed by atoms with Gasteiger partial charge in [0.15, 0.2) is 11.5 Å². The van der Waals surface area contributed by atoms with Crippen LogP contribution in [-0.4, -0.2) is 20.4 Å². The molecule has 0 aliphatic heterocycles. The number of benzene rings is 4. The highest BCUT2D eigenvalue weighted by Crippen LogP contribution is 2.42. The zero-order valence-corrected chi connectivity index (χ0v) is 26.8. The van der Waals surface area contributed by atoms with Gasteiger partial charge in [-0.05, 0) is 135 Å². The Hall–Kier alpha value is -0.840. The fourth-order valence-electron chi connectivity index (χ4n) is 2.93. The minimum atomic E-state index is -0.182. The van der Waals surface area contributed by atoms with Crippen molar-refractivity contribution in [3.8, 4) is 45.3 Å². The van der Waals surface area contributed by atoms with E-state index in [4.69, 9.17) is 46.4 Å². The predicted octanol–water partition coefficient (Wildman–Crippen LogP) is 11.2. The largest absolute Gasteiger partial charge is 0.506 e. The molecular formula is C24H12Br4Cl4O4. The van der Waals surface area contributed by atoms with Gasteiger partial charge in [-0.25, -0.2) is 0 Å². The Morgan fingerprint density at radius 3 is 0.778 bits per heavy atom. The molecule has 0 bridgehead atoms. The number of hydrogen-bond donors (Lipinski definition) is 4. The van der Waals surface area contributed by atoms with Crippen LogP contribution >= 0.6 is 110 Å². The highest BCUT2D eigenvalue weighted by atomic mass is 79.9. The number of phenols is 4. The van der Waals surface area contributed by atoms with Gasteiger partial charge in [-0.1, -0.05) is 46.4 Å². The van der Waals surface area contributed by atoms with Gasteiger partial charge in [0.25, 0.3) is 0 Å². The summed E-state index contributed by atoms with van der Waals surface area (Å²) in [6.07, 6.45) is 0. The minimum absolute atomic E-state index is 0.123. The van der Waals surface area contributed by atoms with Crippen LogP contribution in [0.5, 0.6) is 23.0 Å². The molecule has 0 spiro atoms. The molecular weight excluding hydrogens is 814 g/mol. The van der Waals surface area contributed by atoms with Crippen molar-refractivity contribution in [2.24, 2.45) is 0 Å². The molecule has 0 radical (unpaired) electrons. The number of phenolic OH excluding ortho intramolecular Hbond substituents is 4. The van der Waals surface area contributed by atoms with Gasteiger partial charge >= 0.3 is 0 Å². The number of rotatable bonds is 2. The van der Waals surface area contributed by atoms with Gasteiger partial charge in [0.1, 0.15) is 11.5 Å². The van der Waals surface area contributed by atoms with Crippen LogP contribution in [0.25, 0.3) is 22.3 Å². The van der Waals surface area contributed by atoms with E-state index in [0.29, 0.717) is 29.0 Å². The maximum Gasteiger partial charge on any atom is 0.152 e. The summed E-state index contributed by atoms with van der Waals surface area (Å²) in [4.78, 5) is 0. The normalized spacial score (nSPS) is 10.7. The Morgan fingerprint density at radius 1 is 0.361 bits per heavy atom. The van der Waals surface area contributed by atoms with Gasteiger partial charge in [0.2, 0.25) is 0 Å². The van der Waals surface area contributed by atoms with E-state index in [9.17, 15) is 20.4 Å². The van der Waals surface area contributed by atoms with Gasteiger partial charge in [-0.3, -0.25) is 0 Å². The quantitative estimate of drug-likeness (QED) is 0.162. The topological polar surface area (TPSA) is 80.9 Å². The molecule has 0 saturated heterocycles. The molecule has 36 heavy (non-hydrogen) atoms. The highest BCUT2D eigenvalue weighted by Gasteiger charge is 2.13. The van der Waals surface area contributed by atoms with Gasteiger partial charge in [0, 0.05) is 0 Å². The van der Waals surface area contributed by atoms with Crippen molar-refractivity contribution in [1.29, 1.82) is 0 Å². The Labute approximate surface area is 259 Å². The van der Waals surface area contributed by atoms with Crippen LogP contribution < -0.4 is 0 Å². The second-order valence-electron chi connectivity index (χ2n) is 7.15. The van der Waals surface area contributed by atoms with Gasteiger partial charge in [-0.15, -0.1) is 0 Å². The Morgan fingerprint density at radius 2 is 0.556 bits per heavy atom. The first kappa shape index (κ1) is 29.7. The van der Waals surface area contributed by atoms with Crippen molar-refractivity contribution >= 4 is 110 Å². The summed E-state index contributed by atoms with van der Waals surface area (Å²) in [7, 11) is 0. The molecule has 0 unspecified atom stereocenters. The first-order valence-electron chi connectivity index (χ1n) is 9.53. The van der Waals surface area contributed by atoms with Gasteiger partial charge < -0.3 is 20.4 Å². The Balaban J connectivity index is 0.000000201. The average Bonchev–Trinajstić information content (AvgIpc) is 2.82. The van der Waals surface area contributed by atoms with E-state index in [1.807, 2.05) is 24.3 Å². The van der Waals surface area contributed by atoms with Crippen LogP contribution in [0.15, 0.2) is 66.4 Å². The van der Waals surface area contributed by atoms with E-state index in [-0.39, 0.29) is 43.1 Å². The molecule has 0 atom stereocenters. The van der Waals surface area contributed by atoms with Gasteiger partial charge in [-0.2, -0.15) is 0 Å². The van der Waals surface area contributed by atoms with Crippen molar-refractivity contribution in [3.05, 3.63) is 86.5 Å². The molecule has 188 valence electrons. The summed E-state index contributed by atoms with van der Waals surface area (Å²) in [5, 5.41) is 38.8. The molecule has 12 heteroatoms. The molecule has 0 amide bonds. The SMILES string of the molecule is Oc1c(Br)cc(-c2cc(Br)c(O)c(Br)c2)cc1Br.Oc1c(Cl)cc(-c2cc(Cl)c(O)c(Cl)c2)cc1Cl. The van der Waals surface area contributed by atoms with Crippen molar-refractivity contribution in [2.45, 2.75) is 0 Å². The summed E-state index contributed by atoms with van der Waals surface area (Å²) in [6, 6.07) is 13.4. The minimum Gasteiger partial charge on any atom is -0.506 e. The van der Waals surface area contributed by atoms with Crippen LogP contribution in [0, 0.1) is 0 Å². The molecule has 0 aromatic heterocycles. The number of hydrogen-bond acceptors (Lipinski definition) is 4. The van der Waals surface area contributed by atoms with Crippen LogP contribution in [0.1, 0.15) is 0 Å². The van der Waals surface area contributed by atoms with E-state index in [2.05, 4.69) is 63.7 Å². The van der Waals surface area contributed by atoms with Crippen molar-refractivity contribution < 1.29 is 20.4 Å². The third kappa shape index (κ3) is 6.77. The van der Waals surface area contributed by atoms with E-state index >= 15 is 0 Å². The summed E-state index contributed by atoms with van der Waals surface area (Å²) < 4.78 is 2.42.